The lowest BCUT2D eigenvalue weighted by Crippen LogP contribution is -2.17. The third-order valence-electron chi connectivity index (χ3n) is 10.9. The van der Waals surface area contributed by atoms with Gasteiger partial charge in [-0.25, -0.2) is 0 Å². The van der Waals surface area contributed by atoms with E-state index in [9.17, 15) is 25.9 Å². The van der Waals surface area contributed by atoms with Gasteiger partial charge in [-0.15, -0.1) is 0 Å². The first-order valence-corrected chi connectivity index (χ1v) is 26.2. The lowest BCUT2D eigenvalue weighted by molar-refractivity contribution is 0.460. The number of fused-ring (bicyclic) bond motifs is 2. The van der Waals surface area contributed by atoms with Crippen LogP contribution in [0.5, 0.6) is 0 Å². The lowest BCUT2D eigenvalue weighted by Gasteiger charge is -2.27. The maximum Gasteiger partial charge on any atom is 0.297 e. The average Bonchev–Trinajstić information content (AvgIpc) is 3.13. The molecule has 0 spiro atoms. The van der Waals surface area contributed by atoms with E-state index in [1.54, 1.807) is 0 Å². The fourth-order valence-corrected chi connectivity index (χ4v) is 13.1. The summed E-state index contributed by atoms with van der Waals surface area (Å²) in [6, 6.07) is 7.65. The van der Waals surface area contributed by atoms with Gasteiger partial charge in [-0.05, 0) is 48.9 Å². The van der Waals surface area contributed by atoms with Crippen molar-refractivity contribution in [3.05, 3.63) is 35.4 Å². The first-order chi connectivity index (χ1) is 26.1. The molecule has 0 fully saturated rings. The Labute approximate surface area is 339 Å². The van der Waals surface area contributed by atoms with Gasteiger partial charge in [0, 0.05) is 19.6 Å². The van der Waals surface area contributed by atoms with E-state index in [0.29, 0.717) is 29.7 Å². The normalized spacial score (nSPS) is 13.0. The maximum absolute atomic E-state index is 13.1. The van der Waals surface area contributed by atoms with Gasteiger partial charge in [0.1, 0.15) is 9.79 Å². The molecule has 308 valence electrons. The summed E-state index contributed by atoms with van der Waals surface area (Å²) in [5.41, 5.74) is 1.18. The largest absolute Gasteiger partial charge is 0.297 e. The highest BCUT2D eigenvalue weighted by atomic mass is 32.2. The molecule has 0 amide bonds. The Morgan fingerprint density at radius 1 is 0.407 bits per heavy atom. The van der Waals surface area contributed by atoms with Crippen molar-refractivity contribution in [3.63, 3.8) is 0 Å². The van der Waals surface area contributed by atoms with Crippen LogP contribution in [0.1, 0.15) is 205 Å². The molecule has 0 saturated carbocycles. The molecule has 1 aliphatic heterocycles. The fourth-order valence-electron chi connectivity index (χ4n) is 7.82. The Balaban J connectivity index is 1.64. The minimum absolute atomic E-state index is 0.207. The van der Waals surface area contributed by atoms with Crippen molar-refractivity contribution >= 4 is 43.8 Å². The van der Waals surface area contributed by atoms with Gasteiger partial charge in [0.15, 0.2) is 0 Å². The molecule has 54 heavy (non-hydrogen) atoms. The van der Waals surface area contributed by atoms with E-state index in [1.165, 1.54) is 147 Å². The van der Waals surface area contributed by atoms with Crippen molar-refractivity contribution in [2.24, 2.45) is 0 Å². The Morgan fingerprint density at radius 2 is 0.704 bits per heavy atom. The predicted octanol–water partition coefficient (Wildman–Crippen LogP) is 14.8. The van der Waals surface area contributed by atoms with Crippen molar-refractivity contribution in [2.75, 3.05) is 0 Å². The first-order valence-electron chi connectivity index (χ1n) is 21.7. The van der Waals surface area contributed by atoms with Crippen LogP contribution in [0, 0.1) is 0 Å². The van der Waals surface area contributed by atoms with Gasteiger partial charge >= 0.3 is 0 Å². The van der Waals surface area contributed by atoms with Gasteiger partial charge in [-0.1, -0.05) is 216 Å². The van der Waals surface area contributed by atoms with Crippen molar-refractivity contribution < 1.29 is 25.9 Å². The van der Waals surface area contributed by atoms with Gasteiger partial charge < -0.3 is 0 Å². The molecule has 0 aromatic heterocycles. The third kappa shape index (κ3) is 17.2. The summed E-state index contributed by atoms with van der Waals surface area (Å²) in [5.74, 6) is 0. The molecule has 1 aliphatic rings. The SMILES string of the molecule is CCCCCCCCCCCCCCCCc1c(CCCCCCCCCCCCCCCC)c(S(=O)(=O)O)c(S(=O)(=O)O)c2c1Sc1ccccc1S2. The van der Waals surface area contributed by atoms with E-state index in [4.69, 9.17) is 0 Å². The molecular weight excluding hydrogens is 753 g/mol. The van der Waals surface area contributed by atoms with Crippen LogP contribution in [0.3, 0.4) is 0 Å². The van der Waals surface area contributed by atoms with Crippen LogP contribution in [0.2, 0.25) is 0 Å². The fraction of sp³-hybridized carbons (Fsp3) is 0.727. The number of hydrogen-bond donors (Lipinski definition) is 2. The van der Waals surface area contributed by atoms with E-state index in [-0.39, 0.29) is 4.90 Å². The minimum Gasteiger partial charge on any atom is -0.282 e. The number of benzene rings is 2. The summed E-state index contributed by atoms with van der Waals surface area (Å²) in [5, 5.41) is 0. The molecular formula is C44H72O6S4. The zero-order chi connectivity index (χ0) is 39.1. The molecule has 0 atom stereocenters. The maximum atomic E-state index is 13.1. The van der Waals surface area contributed by atoms with Crippen LogP contribution in [-0.4, -0.2) is 25.9 Å². The Kier molecular flexibility index (Phi) is 23.5. The molecule has 2 aromatic carbocycles. The summed E-state index contributed by atoms with van der Waals surface area (Å²) in [7, 11) is -9.95. The van der Waals surface area contributed by atoms with Gasteiger partial charge in [0.2, 0.25) is 0 Å². The van der Waals surface area contributed by atoms with Gasteiger partial charge in [0.05, 0.1) is 0 Å². The van der Waals surface area contributed by atoms with Gasteiger partial charge in [-0.3, -0.25) is 9.11 Å². The Morgan fingerprint density at radius 3 is 1.04 bits per heavy atom. The van der Waals surface area contributed by atoms with Crippen LogP contribution in [0.25, 0.3) is 0 Å². The van der Waals surface area contributed by atoms with E-state index < -0.39 is 30.0 Å². The molecule has 1 heterocycles. The van der Waals surface area contributed by atoms with Crippen LogP contribution in [0.15, 0.2) is 53.6 Å². The summed E-state index contributed by atoms with van der Waals surface area (Å²) < 4.78 is 73.4. The highest BCUT2D eigenvalue weighted by Gasteiger charge is 2.37. The van der Waals surface area contributed by atoms with Crippen LogP contribution in [0.4, 0.5) is 0 Å². The van der Waals surface area contributed by atoms with E-state index in [2.05, 4.69) is 13.8 Å². The quantitative estimate of drug-likeness (QED) is 0.0473. The highest BCUT2D eigenvalue weighted by molar-refractivity contribution is 8.05. The average molecular weight is 825 g/mol. The Hall–Kier alpha value is -1.04. The molecule has 6 nitrogen and oxygen atoms in total. The summed E-state index contributed by atoms with van der Waals surface area (Å²) in [6.07, 6.45) is 35.0. The second-order valence-electron chi connectivity index (χ2n) is 15.6. The molecule has 0 radical (unpaired) electrons. The van der Waals surface area contributed by atoms with Crippen LogP contribution >= 0.6 is 23.5 Å². The number of rotatable bonds is 32. The smallest absolute Gasteiger partial charge is 0.282 e. The summed E-state index contributed by atoms with van der Waals surface area (Å²) in [4.78, 5) is 1.39. The van der Waals surface area contributed by atoms with Crippen molar-refractivity contribution in [1.82, 2.24) is 0 Å². The van der Waals surface area contributed by atoms with Crippen LogP contribution in [-0.2, 0) is 33.1 Å². The molecule has 2 N–H and O–H groups in total. The monoisotopic (exact) mass is 824 g/mol. The van der Waals surface area contributed by atoms with Crippen molar-refractivity contribution in [3.8, 4) is 0 Å². The number of unbranched alkanes of at least 4 members (excludes halogenated alkanes) is 26. The molecule has 3 rings (SSSR count). The second kappa shape index (κ2) is 26.8. The molecule has 0 saturated heterocycles. The highest BCUT2D eigenvalue weighted by Crippen LogP contribution is 2.55. The van der Waals surface area contributed by atoms with E-state index in [0.717, 1.165) is 65.6 Å². The first kappa shape index (κ1) is 47.3. The molecule has 2 aromatic rings. The Bertz CT molecular complexity index is 1570. The zero-order valence-electron chi connectivity index (χ0n) is 33.7. The van der Waals surface area contributed by atoms with E-state index in [1.807, 2.05) is 24.3 Å². The third-order valence-corrected chi connectivity index (χ3v) is 15.7. The molecule has 0 bridgehead atoms. The topological polar surface area (TPSA) is 109 Å². The van der Waals surface area contributed by atoms with E-state index >= 15 is 0 Å². The molecule has 10 heteroatoms. The van der Waals surface area contributed by atoms with Gasteiger partial charge in [-0.2, -0.15) is 16.8 Å². The predicted molar refractivity (Wildman–Crippen MR) is 229 cm³/mol. The molecule has 0 unspecified atom stereocenters. The molecule has 0 aliphatic carbocycles. The lowest BCUT2D eigenvalue weighted by atomic mass is 9.95. The standard InChI is InChI=1S/C44H72O6S4/c1-3-5-7-9-11-13-15-17-19-21-23-25-27-29-33-37-38(34-30-28-26-24-22-20-18-16-14-12-10-8-6-4-2)43(53(45,46)47)44(54(48,49)50)42-41(37)51-39-35-31-32-36-40(39)52-42/h31-32,35-36H,3-30,33-34H2,1-2H3,(H,45,46,47)(H,48,49,50). The van der Waals surface area contributed by atoms with Crippen molar-refractivity contribution in [1.29, 1.82) is 0 Å². The second-order valence-corrected chi connectivity index (χ2v) is 20.4. The minimum atomic E-state index is -4.98. The van der Waals surface area contributed by atoms with Crippen molar-refractivity contribution in [2.45, 2.75) is 236 Å². The summed E-state index contributed by atoms with van der Waals surface area (Å²) >= 11 is 2.61. The van der Waals surface area contributed by atoms with Gasteiger partial charge in [0.25, 0.3) is 20.2 Å². The number of hydrogen-bond acceptors (Lipinski definition) is 6. The zero-order valence-corrected chi connectivity index (χ0v) is 36.9. The summed E-state index contributed by atoms with van der Waals surface area (Å²) in [6.45, 7) is 4.51. The van der Waals surface area contributed by atoms with Crippen LogP contribution < -0.4 is 0 Å².